The Morgan fingerprint density at radius 2 is 1.54 bits per heavy atom. The van der Waals surface area contributed by atoms with E-state index in [4.69, 9.17) is 0 Å². The van der Waals surface area contributed by atoms with E-state index in [-0.39, 0.29) is 23.9 Å². The zero-order valence-electron chi connectivity index (χ0n) is 21.2. The molecule has 3 aliphatic rings. The van der Waals surface area contributed by atoms with E-state index in [9.17, 15) is 9.59 Å². The van der Waals surface area contributed by atoms with Gasteiger partial charge in [0.05, 0.1) is 17.5 Å². The second-order valence-electron chi connectivity index (χ2n) is 10.9. The van der Waals surface area contributed by atoms with E-state index in [2.05, 4.69) is 70.1 Å². The Hall–Kier alpha value is -3.60. The van der Waals surface area contributed by atoms with Gasteiger partial charge in [0.1, 0.15) is 0 Å². The van der Waals surface area contributed by atoms with Gasteiger partial charge >= 0.3 is 0 Å². The third kappa shape index (κ3) is 4.41. The van der Waals surface area contributed by atoms with Crippen molar-refractivity contribution in [2.75, 3.05) is 18.4 Å². The zero-order valence-corrected chi connectivity index (χ0v) is 21.2. The molecular weight excluding hydrogens is 458 g/mol. The fourth-order valence-corrected chi connectivity index (χ4v) is 6.88. The number of rotatable bonds is 5. The van der Waals surface area contributed by atoms with Crippen LogP contribution in [0.5, 0.6) is 0 Å². The van der Waals surface area contributed by atoms with Crippen LogP contribution in [-0.2, 0) is 4.79 Å². The highest BCUT2D eigenvalue weighted by molar-refractivity contribution is 5.94. The maximum atomic E-state index is 14.5. The summed E-state index contributed by atoms with van der Waals surface area (Å²) in [5, 5.41) is 6.94. The Morgan fingerprint density at radius 3 is 2.30 bits per heavy atom. The molecule has 37 heavy (non-hydrogen) atoms. The summed E-state index contributed by atoms with van der Waals surface area (Å²) < 4.78 is 0. The standard InChI is InChI=1S/C32H35N3O2/c36-30(24-14-6-2-7-15-24)33-22-32(19-10-3-11-20-32)31(37)35-21-18-26-28(23-12-4-1-5-13-23)34-27-17-9-8-16-25(27)29(26)35/h1-2,4-9,12-17,26,28-29,34H,3,10-11,18-22H2,(H,33,36)/t26-,28+,29+/m0/s1. The summed E-state index contributed by atoms with van der Waals surface area (Å²) in [6.07, 6.45) is 5.83. The van der Waals surface area contributed by atoms with Crippen molar-refractivity contribution in [1.82, 2.24) is 10.2 Å². The Bertz CT molecular complexity index is 1250. The van der Waals surface area contributed by atoms with E-state index in [1.54, 1.807) is 0 Å². The molecule has 0 aromatic heterocycles. The van der Waals surface area contributed by atoms with Crippen LogP contribution in [0.3, 0.4) is 0 Å². The lowest BCUT2D eigenvalue weighted by Gasteiger charge is -2.44. The predicted octanol–water partition coefficient (Wildman–Crippen LogP) is 6.12. The van der Waals surface area contributed by atoms with Crippen molar-refractivity contribution < 1.29 is 9.59 Å². The Morgan fingerprint density at radius 1 is 0.865 bits per heavy atom. The lowest BCUT2D eigenvalue weighted by atomic mass is 9.72. The number of para-hydroxylation sites is 1. The molecule has 5 heteroatoms. The SMILES string of the molecule is O=C(NCC1(C(=O)N2CC[C@H]3[C@@H](c4ccccc4)Nc4ccccc4[C@H]32)CCCCC1)c1ccccc1. The Kier molecular flexibility index (Phi) is 6.45. The largest absolute Gasteiger partial charge is 0.378 e. The minimum absolute atomic E-state index is 0.0405. The van der Waals surface area contributed by atoms with E-state index < -0.39 is 5.41 Å². The molecule has 6 rings (SSSR count). The first-order chi connectivity index (χ1) is 18.2. The minimum atomic E-state index is -0.542. The van der Waals surface area contributed by atoms with Crippen molar-refractivity contribution in [1.29, 1.82) is 0 Å². The molecule has 1 saturated heterocycles. The number of carbonyl (C=O) groups excluding carboxylic acids is 2. The highest BCUT2D eigenvalue weighted by Gasteiger charge is 2.51. The number of hydrogen-bond acceptors (Lipinski definition) is 3. The lowest BCUT2D eigenvalue weighted by molar-refractivity contribution is -0.145. The van der Waals surface area contributed by atoms with Crippen LogP contribution < -0.4 is 10.6 Å². The molecule has 0 unspecified atom stereocenters. The van der Waals surface area contributed by atoms with Crippen LogP contribution in [0.4, 0.5) is 5.69 Å². The van der Waals surface area contributed by atoms with Crippen LogP contribution in [0.2, 0.25) is 0 Å². The first-order valence-corrected chi connectivity index (χ1v) is 13.7. The van der Waals surface area contributed by atoms with Gasteiger partial charge in [0.2, 0.25) is 5.91 Å². The molecule has 3 aromatic rings. The van der Waals surface area contributed by atoms with Gasteiger partial charge in [-0.3, -0.25) is 9.59 Å². The van der Waals surface area contributed by atoms with E-state index in [0.717, 1.165) is 50.8 Å². The molecule has 0 bridgehead atoms. The number of anilines is 1. The molecule has 0 radical (unpaired) electrons. The van der Waals surface area contributed by atoms with Crippen LogP contribution in [0, 0.1) is 11.3 Å². The van der Waals surface area contributed by atoms with Crippen LogP contribution in [0.25, 0.3) is 0 Å². The normalized spacial score (nSPS) is 23.9. The number of carbonyl (C=O) groups is 2. The highest BCUT2D eigenvalue weighted by atomic mass is 16.2. The Balaban J connectivity index is 1.30. The third-order valence-corrected chi connectivity index (χ3v) is 8.77. The van der Waals surface area contributed by atoms with E-state index in [1.165, 1.54) is 11.1 Å². The molecule has 2 aliphatic heterocycles. The predicted molar refractivity (Wildman–Crippen MR) is 146 cm³/mol. The molecule has 2 amide bonds. The maximum absolute atomic E-state index is 14.5. The van der Waals surface area contributed by atoms with Gasteiger partial charge in [-0.25, -0.2) is 0 Å². The minimum Gasteiger partial charge on any atom is -0.378 e. The summed E-state index contributed by atoms with van der Waals surface area (Å²) in [4.78, 5) is 29.6. The number of likely N-dealkylation sites (tertiary alicyclic amines) is 1. The molecule has 1 aliphatic carbocycles. The van der Waals surface area contributed by atoms with Crippen LogP contribution >= 0.6 is 0 Å². The van der Waals surface area contributed by atoms with Gasteiger partial charge in [-0.2, -0.15) is 0 Å². The average Bonchev–Trinajstić information content (AvgIpc) is 3.42. The second kappa shape index (κ2) is 10.0. The Labute approximate surface area is 219 Å². The van der Waals surface area contributed by atoms with Crippen LogP contribution in [0.1, 0.15) is 72.1 Å². The molecule has 5 nitrogen and oxygen atoms in total. The number of hydrogen-bond donors (Lipinski definition) is 2. The van der Waals surface area contributed by atoms with Crippen molar-refractivity contribution in [2.24, 2.45) is 11.3 Å². The monoisotopic (exact) mass is 493 g/mol. The van der Waals surface area contributed by atoms with Gasteiger partial charge in [-0.15, -0.1) is 0 Å². The van der Waals surface area contributed by atoms with Crippen molar-refractivity contribution in [3.8, 4) is 0 Å². The summed E-state index contributed by atoms with van der Waals surface area (Å²) in [6.45, 7) is 1.15. The van der Waals surface area contributed by atoms with Crippen molar-refractivity contribution in [3.05, 3.63) is 102 Å². The first kappa shape index (κ1) is 23.8. The van der Waals surface area contributed by atoms with Crippen LogP contribution in [-0.4, -0.2) is 29.8 Å². The van der Waals surface area contributed by atoms with Gasteiger partial charge in [-0.1, -0.05) is 86.0 Å². The average molecular weight is 494 g/mol. The summed E-state index contributed by atoms with van der Waals surface area (Å²) >= 11 is 0. The zero-order chi connectivity index (χ0) is 25.2. The topological polar surface area (TPSA) is 61.4 Å². The van der Waals surface area contributed by atoms with Crippen molar-refractivity contribution in [3.63, 3.8) is 0 Å². The van der Waals surface area contributed by atoms with Gasteiger partial charge < -0.3 is 15.5 Å². The summed E-state index contributed by atoms with van der Waals surface area (Å²) in [7, 11) is 0. The molecular formula is C32H35N3O2. The first-order valence-electron chi connectivity index (χ1n) is 13.7. The summed E-state index contributed by atoms with van der Waals surface area (Å²) in [5.74, 6) is 0.423. The van der Waals surface area contributed by atoms with Crippen LogP contribution in [0.15, 0.2) is 84.9 Å². The van der Waals surface area contributed by atoms with E-state index in [0.29, 0.717) is 18.0 Å². The fraction of sp³-hybridized carbons (Fsp3) is 0.375. The highest BCUT2D eigenvalue weighted by Crippen LogP contribution is 2.53. The molecule has 3 aromatic carbocycles. The number of benzene rings is 3. The van der Waals surface area contributed by atoms with Gasteiger partial charge in [0.25, 0.3) is 5.91 Å². The van der Waals surface area contributed by atoms with Gasteiger partial charge in [0, 0.05) is 30.3 Å². The fourth-order valence-electron chi connectivity index (χ4n) is 6.88. The van der Waals surface area contributed by atoms with Gasteiger partial charge in [-0.05, 0) is 48.6 Å². The lowest BCUT2D eigenvalue weighted by Crippen LogP contribution is -2.51. The molecule has 0 spiro atoms. The number of nitrogens with zero attached hydrogens (tertiary/aromatic N) is 1. The summed E-state index contributed by atoms with van der Waals surface area (Å²) in [5.41, 5.74) is 3.70. The quantitative estimate of drug-likeness (QED) is 0.450. The molecule has 3 atom stereocenters. The molecule has 190 valence electrons. The molecule has 2 heterocycles. The number of nitrogens with one attached hydrogen (secondary N) is 2. The molecule has 1 saturated carbocycles. The van der Waals surface area contributed by atoms with Gasteiger partial charge in [0.15, 0.2) is 0 Å². The van der Waals surface area contributed by atoms with E-state index >= 15 is 0 Å². The third-order valence-electron chi connectivity index (χ3n) is 8.77. The second-order valence-corrected chi connectivity index (χ2v) is 10.9. The van der Waals surface area contributed by atoms with E-state index in [1.807, 2.05) is 30.3 Å². The smallest absolute Gasteiger partial charge is 0.251 e. The summed E-state index contributed by atoms with van der Waals surface area (Å²) in [6, 6.07) is 28.6. The van der Waals surface area contributed by atoms with Crippen molar-refractivity contribution in [2.45, 2.75) is 50.6 Å². The molecule has 2 fully saturated rings. The number of amides is 2. The van der Waals surface area contributed by atoms with Crippen molar-refractivity contribution >= 4 is 17.5 Å². The number of fused-ring (bicyclic) bond motifs is 3. The molecule has 2 N–H and O–H groups in total. The maximum Gasteiger partial charge on any atom is 0.251 e.